The molecule has 2 aliphatic rings. The lowest BCUT2D eigenvalue weighted by molar-refractivity contribution is -0.725. The maximum Gasteiger partial charge on any atom is 0.408 e. The lowest BCUT2D eigenvalue weighted by Gasteiger charge is -2.27. The van der Waals surface area contributed by atoms with E-state index < -0.39 is 29.3 Å². The van der Waals surface area contributed by atoms with Gasteiger partial charge in [0.05, 0.1) is 36.3 Å². The molecular formula is C24H46N2O5. The van der Waals surface area contributed by atoms with E-state index in [1.54, 1.807) is 41.5 Å². The van der Waals surface area contributed by atoms with Gasteiger partial charge < -0.3 is 30.0 Å². The van der Waals surface area contributed by atoms with Crippen molar-refractivity contribution in [2.75, 3.05) is 6.61 Å². The minimum Gasteiger partial charge on any atom is -0.548 e. The van der Waals surface area contributed by atoms with Crippen molar-refractivity contribution in [3.05, 3.63) is 0 Å². The summed E-state index contributed by atoms with van der Waals surface area (Å²) in [6, 6.07) is 0.757. The van der Waals surface area contributed by atoms with Gasteiger partial charge >= 0.3 is 6.09 Å². The Morgan fingerprint density at radius 2 is 1.32 bits per heavy atom. The van der Waals surface area contributed by atoms with E-state index in [9.17, 15) is 14.7 Å². The fourth-order valence-corrected chi connectivity index (χ4v) is 3.99. The largest absolute Gasteiger partial charge is 0.548 e. The van der Waals surface area contributed by atoms with Crippen molar-refractivity contribution in [3.63, 3.8) is 0 Å². The minimum atomic E-state index is -1.41. The maximum atomic E-state index is 11.4. The summed E-state index contributed by atoms with van der Waals surface area (Å²) in [6.07, 6.45) is 14.1. The molecule has 7 nitrogen and oxygen atoms in total. The SMILES string of the molecule is C1CCC([NH2+]C2CCCCC2)CC1.CC(C)(C)OC[C@H](NC(=O)OC(C)(C)C)C(=O)[O-]. The van der Waals surface area contributed by atoms with Gasteiger partial charge in [-0.2, -0.15) is 0 Å². The van der Waals surface area contributed by atoms with E-state index in [1.807, 2.05) is 0 Å². The molecule has 2 rings (SSSR count). The number of rotatable bonds is 6. The number of nitrogens with two attached hydrogens (primary N) is 1. The number of hydrogen-bond donors (Lipinski definition) is 2. The molecule has 2 fully saturated rings. The summed E-state index contributed by atoms with van der Waals surface area (Å²) in [4.78, 5) is 22.3. The molecule has 0 aliphatic heterocycles. The van der Waals surface area contributed by atoms with Gasteiger partial charge in [0.25, 0.3) is 0 Å². The monoisotopic (exact) mass is 442 g/mol. The van der Waals surface area contributed by atoms with E-state index >= 15 is 0 Å². The first-order valence-corrected chi connectivity index (χ1v) is 12.0. The Morgan fingerprint density at radius 1 is 0.871 bits per heavy atom. The molecule has 0 aromatic rings. The van der Waals surface area contributed by atoms with Gasteiger partial charge in [0, 0.05) is 0 Å². The number of ether oxygens (including phenoxy) is 2. The van der Waals surface area contributed by atoms with Crippen LogP contribution in [0.1, 0.15) is 106 Å². The second-order valence-corrected chi connectivity index (χ2v) is 10.9. The number of aliphatic carboxylic acids is 1. The molecule has 0 unspecified atom stereocenters. The third kappa shape index (κ3) is 14.4. The molecule has 1 amide bonds. The summed E-state index contributed by atoms with van der Waals surface area (Å²) in [5.74, 6) is -1.41. The van der Waals surface area contributed by atoms with Crippen molar-refractivity contribution in [1.29, 1.82) is 0 Å². The Balaban J connectivity index is 0.000000323. The summed E-state index contributed by atoms with van der Waals surface area (Å²) in [6.45, 7) is 10.2. The Morgan fingerprint density at radius 3 is 1.68 bits per heavy atom. The van der Waals surface area contributed by atoms with Gasteiger partial charge in [0.15, 0.2) is 0 Å². The second-order valence-electron chi connectivity index (χ2n) is 10.9. The third-order valence-corrected chi connectivity index (χ3v) is 5.50. The average molecular weight is 443 g/mol. The normalized spacial score (nSPS) is 19.7. The first-order valence-electron chi connectivity index (χ1n) is 12.0. The molecule has 7 heteroatoms. The standard InChI is InChI=1S/C12H23NO5.C12H23N/c1-11(2,3)17-7-8(9(14)15)13-10(16)18-12(4,5)6;1-3-7-11(8-4-1)13-12-9-5-2-6-10-12/h8H,7H2,1-6H3,(H,13,16)(H,14,15);11-13H,1-10H2/t8-;/m0./s1. The molecule has 2 aliphatic carbocycles. The molecule has 0 heterocycles. The molecule has 0 aromatic heterocycles. The van der Waals surface area contributed by atoms with E-state index in [1.165, 1.54) is 64.2 Å². The van der Waals surface area contributed by atoms with Crippen molar-refractivity contribution in [1.82, 2.24) is 5.32 Å². The highest BCUT2D eigenvalue weighted by Gasteiger charge is 2.23. The summed E-state index contributed by atoms with van der Waals surface area (Å²) >= 11 is 0. The molecule has 0 saturated heterocycles. The van der Waals surface area contributed by atoms with Crippen LogP contribution in [0.3, 0.4) is 0 Å². The number of nitrogens with one attached hydrogen (secondary N) is 1. The van der Waals surface area contributed by atoms with Crippen LogP contribution in [0.2, 0.25) is 0 Å². The zero-order valence-electron chi connectivity index (χ0n) is 20.6. The molecular weight excluding hydrogens is 396 g/mol. The fourth-order valence-electron chi connectivity index (χ4n) is 3.99. The Hall–Kier alpha value is -1.34. The van der Waals surface area contributed by atoms with Gasteiger partial charge in [0.2, 0.25) is 0 Å². The molecule has 2 saturated carbocycles. The second kappa shape index (κ2) is 13.3. The predicted molar refractivity (Wildman–Crippen MR) is 120 cm³/mol. The zero-order valence-corrected chi connectivity index (χ0v) is 20.6. The molecule has 31 heavy (non-hydrogen) atoms. The van der Waals surface area contributed by atoms with Crippen LogP contribution in [0.5, 0.6) is 0 Å². The molecule has 0 radical (unpaired) electrons. The molecule has 182 valence electrons. The van der Waals surface area contributed by atoms with Crippen molar-refractivity contribution in [3.8, 4) is 0 Å². The average Bonchev–Trinajstić information content (AvgIpc) is 2.65. The predicted octanol–water partition coefficient (Wildman–Crippen LogP) is 2.66. The highest BCUT2D eigenvalue weighted by atomic mass is 16.6. The van der Waals surface area contributed by atoms with Crippen molar-refractivity contribution in [2.24, 2.45) is 0 Å². The molecule has 3 N–H and O–H groups in total. The van der Waals surface area contributed by atoms with Crippen LogP contribution in [0.15, 0.2) is 0 Å². The van der Waals surface area contributed by atoms with Gasteiger partial charge in [-0.05, 0) is 92.9 Å². The Kier molecular flexibility index (Phi) is 11.8. The van der Waals surface area contributed by atoms with E-state index in [-0.39, 0.29) is 6.61 Å². The van der Waals surface area contributed by atoms with E-state index in [2.05, 4.69) is 10.6 Å². The van der Waals surface area contributed by atoms with Crippen molar-refractivity contribution < 1.29 is 29.5 Å². The Labute approximate surface area is 189 Å². The van der Waals surface area contributed by atoms with Crippen molar-refractivity contribution in [2.45, 2.75) is 135 Å². The Bertz CT molecular complexity index is 511. The number of quaternary nitrogens is 1. The number of amides is 1. The van der Waals surface area contributed by atoms with E-state index in [4.69, 9.17) is 9.47 Å². The highest BCUT2D eigenvalue weighted by Crippen LogP contribution is 2.18. The number of carboxylic acids is 1. The number of alkyl carbamates (subject to hydrolysis) is 1. The van der Waals surface area contributed by atoms with Crippen LogP contribution in [-0.2, 0) is 14.3 Å². The van der Waals surface area contributed by atoms with Crippen LogP contribution in [0, 0.1) is 0 Å². The molecule has 1 atom stereocenters. The number of carboxylic acid groups (broad SMARTS) is 1. The van der Waals surface area contributed by atoms with Gasteiger partial charge in [-0.25, -0.2) is 4.79 Å². The quantitative estimate of drug-likeness (QED) is 0.658. The minimum absolute atomic E-state index is 0.176. The summed E-state index contributed by atoms with van der Waals surface area (Å²) in [5.41, 5.74) is -1.19. The van der Waals surface area contributed by atoms with Crippen LogP contribution in [0.25, 0.3) is 0 Å². The molecule has 0 spiro atoms. The summed E-state index contributed by atoms with van der Waals surface area (Å²) in [5, 5.41) is 15.8. The van der Waals surface area contributed by atoms with E-state index in [0.29, 0.717) is 0 Å². The van der Waals surface area contributed by atoms with Gasteiger partial charge in [-0.15, -0.1) is 0 Å². The summed E-state index contributed by atoms with van der Waals surface area (Å²) < 4.78 is 10.2. The van der Waals surface area contributed by atoms with Crippen LogP contribution < -0.4 is 15.7 Å². The van der Waals surface area contributed by atoms with Crippen LogP contribution >= 0.6 is 0 Å². The molecule has 0 bridgehead atoms. The first kappa shape index (κ1) is 27.7. The number of hydrogen-bond acceptors (Lipinski definition) is 5. The lowest BCUT2D eigenvalue weighted by Crippen LogP contribution is -2.95. The summed E-state index contributed by atoms with van der Waals surface area (Å²) in [7, 11) is 0. The van der Waals surface area contributed by atoms with Gasteiger partial charge in [-0.1, -0.05) is 12.8 Å². The maximum absolute atomic E-state index is 11.4. The van der Waals surface area contributed by atoms with Crippen LogP contribution in [-0.4, -0.2) is 48.0 Å². The third-order valence-electron chi connectivity index (χ3n) is 5.50. The van der Waals surface area contributed by atoms with Gasteiger partial charge in [0.1, 0.15) is 5.60 Å². The van der Waals surface area contributed by atoms with Crippen LogP contribution in [0.4, 0.5) is 4.79 Å². The molecule has 0 aromatic carbocycles. The number of carbonyl (C=O) groups is 2. The topological polar surface area (TPSA) is 104 Å². The first-order chi connectivity index (χ1) is 14.4. The smallest absolute Gasteiger partial charge is 0.408 e. The van der Waals surface area contributed by atoms with Gasteiger partial charge in [-0.3, -0.25) is 0 Å². The fraction of sp³-hybridized carbons (Fsp3) is 0.917. The zero-order chi connectivity index (χ0) is 23.5. The highest BCUT2D eigenvalue weighted by molar-refractivity contribution is 5.78. The lowest BCUT2D eigenvalue weighted by atomic mass is 9.91. The van der Waals surface area contributed by atoms with Crippen molar-refractivity contribution >= 4 is 12.1 Å². The van der Waals surface area contributed by atoms with E-state index in [0.717, 1.165) is 12.1 Å². The number of carbonyl (C=O) groups excluding carboxylic acids is 2.